The van der Waals surface area contributed by atoms with Gasteiger partial charge < -0.3 is 64.4 Å². The van der Waals surface area contributed by atoms with Crippen LogP contribution in [0.2, 0.25) is 0 Å². The van der Waals surface area contributed by atoms with Crippen molar-refractivity contribution in [2.45, 2.75) is 39.5 Å². The molecule has 4 heterocycles. The minimum Gasteiger partial charge on any atom is -0.812 e. The molecule has 2 atom stereocenters. The van der Waals surface area contributed by atoms with Crippen LogP contribution in [0.3, 0.4) is 0 Å². The number of benzene rings is 2. The molecule has 63 heavy (non-hydrogen) atoms. The van der Waals surface area contributed by atoms with Gasteiger partial charge in [-0.1, -0.05) is 12.1 Å². The molecular formula is C40H51KN16O6. The molecule has 0 bridgehead atoms. The number of rotatable bonds is 14. The summed E-state index contributed by atoms with van der Waals surface area (Å²) in [5.41, 5.74) is 19.4. The molecule has 328 valence electrons. The first kappa shape index (κ1) is 51.2. The Balaban J connectivity index is 0.000000312. The van der Waals surface area contributed by atoms with Crippen LogP contribution in [0.1, 0.15) is 60.2 Å². The summed E-state index contributed by atoms with van der Waals surface area (Å²) in [6.45, 7) is 7.25. The van der Waals surface area contributed by atoms with E-state index in [1.54, 1.807) is 47.4 Å². The quantitative estimate of drug-likeness (QED) is 0.0536. The van der Waals surface area contributed by atoms with Gasteiger partial charge in [0, 0.05) is 81.4 Å². The van der Waals surface area contributed by atoms with E-state index in [0.717, 1.165) is 38.8 Å². The number of anilines is 8. The molecule has 2 aliphatic heterocycles. The zero-order valence-corrected chi connectivity index (χ0v) is 38.5. The van der Waals surface area contributed by atoms with Gasteiger partial charge in [0.25, 0.3) is 11.8 Å². The molecule has 2 aromatic heterocycles. The molecule has 0 saturated carbocycles. The number of nitrogens with one attached hydrogen (secondary N) is 7. The summed E-state index contributed by atoms with van der Waals surface area (Å²) < 4.78 is 0. The predicted molar refractivity (Wildman–Crippen MR) is 231 cm³/mol. The molecule has 6 rings (SSSR count). The SMILES string of the molecule is CC(=O)Nc1cccc(Nc2ncc(C(N)=O)c(NCC3CCCN(C(N)=O)C3)n2)c1.CC(=O)Nc1cccc(Nc2ncc(C(N)=O)c(NCC3CCCNC3)n2)c1.N#C[O-].[K+]. The van der Waals surface area contributed by atoms with E-state index in [-0.39, 0.29) is 86.2 Å². The average molecular weight is 891 g/mol. The second kappa shape index (κ2) is 26.3. The molecule has 0 radical (unpaired) electrons. The third-order valence-electron chi connectivity index (χ3n) is 9.33. The van der Waals surface area contributed by atoms with Crippen molar-refractivity contribution >= 4 is 75.9 Å². The van der Waals surface area contributed by atoms with Crippen LogP contribution in [-0.2, 0) is 9.59 Å². The molecule has 22 nitrogen and oxygen atoms in total. The van der Waals surface area contributed by atoms with E-state index >= 15 is 0 Å². The number of carbonyl (C=O) groups is 5. The van der Waals surface area contributed by atoms with Crippen molar-refractivity contribution in [2.24, 2.45) is 29.0 Å². The fourth-order valence-electron chi connectivity index (χ4n) is 6.54. The second-order valence-electron chi connectivity index (χ2n) is 14.3. The first-order valence-corrected chi connectivity index (χ1v) is 19.6. The number of hydrogen-bond acceptors (Lipinski definition) is 16. The van der Waals surface area contributed by atoms with Gasteiger partial charge in [-0.15, -0.1) is 0 Å². The number of amides is 6. The van der Waals surface area contributed by atoms with Gasteiger partial charge in [0.2, 0.25) is 23.7 Å². The van der Waals surface area contributed by atoms with E-state index in [1.807, 2.05) is 6.07 Å². The van der Waals surface area contributed by atoms with E-state index < -0.39 is 17.8 Å². The Morgan fingerprint density at radius 3 is 1.67 bits per heavy atom. The number of hydrogen-bond donors (Lipinski definition) is 10. The van der Waals surface area contributed by atoms with Gasteiger partial charge >= 0.3 is 57.4 Å². The Hall–Kier alpha value is -6.16. The standard InChI is InChI=1S/C20H26N8O3.C19H25N7O2.CHNO.K/c1-12(29)25-14-5-2-6-15(8-14)26-20-24-10-16(17(21)30)18(27-20)23-9-13-4-3-7-28(11-13)19(22)31;1-12(27)24-14-5-2-6-15(8-14)25-19-23-11-16(17(20)28)18(26-19)22-10-13-4-3-7-21-9-13;2-1-3;/h2,5-6,8,10,13H,3-4,7,9,11H2,1H3,(H2,21,30)(H2,22,31)(H,25,29)(H2,23,24,26,27);2,5-6,8,11,13,21H,3-4,7,9-10H2,1H3,(H2,20,28)(H,24,27)(H2,22,23,25,26);3H;/q;;;+1/p-1. The maximum Gasteiger partial charge on any atom is 1.00 e. The van der Waals surface area contributed by atoms with Crippen LogP contribution in [0.4, 0.5) is 51.1 Å². The predicted octanol–water partition coefficient (Wildman–Crippen LogP) is -0.999. The van der Waals surface area contributed by atoms with Gasteiger partial charge in [0.05, 0.1) is 11.1 Å². The third kappa shape index (κ3) is 17.6. The van der Waals surface area contributed by atoms with Crippen molar-refractivity contribution in [1.29, 1.82) is 5.26 Å². The summed E-state index contributed by atoms with van der Waals surface area (Å²) in [5, 5.41) is 36.3. The first-order chi connectivity index (χ1) is 29.7. The monoisotopic (exact) mass is 890 g/mol. The van der Waals surface area contributed by atoms with E-state index in [2.05, 4.69) is 57.2 Å². The second-order valence-corrected chi connectivity index (χ2v) is 14.3. The number of primary amides is 3. The maximum absolute atomic E-state index is 11.8. The molecule has 4 aromatic rings. The van der Waals surface area contributed by atoms with E-state index in [9.17, 15) is 24.0 Å². The summed E-state index contributed by atoms with van der Waals surface area (Å²) in [7, 11) is 0. The van der Waals surface area contributed by atoms with Crippen molar-refractivity contribution in [2.75, 3.05) is 71.2 Å². The molecule has 2 fully saturated rings. The van der Waals surface area contributed by atoms with Crippen LogP contribution < -0.4 is 111 Å². The van der Waals surface area contributed by atoms with Crippen LogP contribution in [-0.4, -0.2) is 93.8 Å². The molecular weight excluding hydrogens is 840 g/mol. The molecule has 2 aliphatic rings. The van der Waals surface area contributed by atoms with Crippen molar-refractivity contribution in [3.8, 4) is 6.26 Å². The summed E-state index contributed by atoms with van der Waals surface area (Å²) in [6.07, 6.45) is 7.31. The topological polar surface area (TPSA) is 349 Å². The maximum atomic E-state index is 11.8. The molecule has 13 N–H and O–H groups in total. The molecule has 2 unspecified atom stereocenters. The normalized spacial score (nSPS) is 15.1. The van der Waals surface area contributed by atoms with E-state index in [0.29, 0.717) is 78.7 Å². The number of nitrogens with zero attached hydrogens (tertiary/aromatic N) is 6. The zero-order valence-electron chi connectivity index (χ0n) is 35.4. The number of urea groups is 1. The van der Waals surface area contributed by atoms with Gasteiger partial charge in [-0.25, -0.2) is 20.0 Å². The van der Waals surface area contributed by atoms with Gasteiger partial charge in [-0.3, -0.25) is 19.2 Å². The summed E-state index contributed by atoms with van der Waals surface area (Å²) in [6, 6.07) is 13.8. The van der Waals surface area contributed by atoms with Crippen molar-refractivity contribution in [3.63, 3.8) is 0 Å². The molecule has 0 spiro atoms. The molecule has 2 saturated heterocycles. The molecule has 6 amide bonds. The Bertz CT molecular complexity index is 2240. The minimum absolute atomic E-state index is 0. The Labute approximate surface area is 406 Å². The van der Waals surface area contributed by atoms with Crippen molar-refractivity contribution < 1.29 is 80.5 Å². The number of nitriles is 1. The largest absolute Gasteiger partial charge is 1.00 e. The molecule has 23 heteroatoms. The average Bonchev–Trinajstić information content (AvgIpc) is 3.23. The van der Waals surface area contributed by atoms with E-state index in [1.165, 1.54) is 26.2 Å². The van der Waals surface area contributed by atoms with Gasteiger partial charge in [0.15, 0.2) is 0 Å². The molecule has 0 aliphatic carbocycles. The number of likely N-dealkylation sites (tertiary alicyclic amines) is 1. The third-order valence-corrected chi connectivity index (χ3v) is 9.33. The summed E-state index contributed by atoms with van der Waals surface area (Å²) >= 11 is 0. The van der Waals surface area contributed by atoms with Gasteiger partial charge in [-0.2, -0.15) is 9.97 Å². The van der Waals surface area contributed by atoms with Crippen LogP contribution in [0.5, 0.6) is 0 Å². The van der Waals surface area contributed by atoms with E-state index in [4.69, 9.17) is 27.6 Å². The summed E-state index contributed by atoms with van der Waals surface area (Å²) in [4.78, 5) is 76.2. The fraction of sp³-hybridized carbons (Fsp3) is 0.350. The smallest absolute Gasteiger partial charge is 0.812 e. The van der Waals surface area contributed by atoms with Crippen LogP contribution in [0.25, 0.3) is 0 Å². The number of aromatic nitrogens is 4. The number of piperidine rings is 2. The minimum atomic E-state index is -0.649. The zero-order chi connectivity index (χ0) is 45.0. The Morgan fingerprint density at radius 2 is 1.24 bits per heavy atom. The van der Waals surface area contributed by atoms with Gasteiger partial charge in [-0.05, 0) is 87.0 Å². The van der Waals surface area contributed by atoms with Crippen molar-refractivity contribution in [1.82, 2.24) is 30.2 Å². The Kier molecular flexibility index (Phi) is 21.4. The van der Waals surface area contributed by atoms with Crippen molar-refractivity contribution in [3.05, 3.63) is 72.1 Å². The van der Waals surface area contributed by atoms with Gasteiger partial charge in [0.1, 0.15) is 11.6 Å². The van der Waals surface area contributed by atoms with Crippen LogP contribution >= 0.6 is 0 Å². The first-order valence-electron chi connectivity index (χ1n) is 19.6. The fourth-order valence-corrected chi connectivity index (χ4v) is 6.54. The Morgan fingerprint density at radius 1 is 0.778 bits per heavy atom. The summed E-state index contributed by atoms with van der Waals surface area (Å²) in [5.74, 6) is 0.383. The van der Waals surface area contributed by atoms with Crippen LogP contribution in [0, 0.1) is 23.4 Å². The van der Waals surface area contributed by atoms with Crippen LogP contribution in [0.15, 0.2) is 60.9 Å². The number of nitrogens with two attached hydrogens (primary N) is 3. The number of carbonyl (C=O) groups excluding carboxylic acids is 5. The molecule has 2 aromatic carbocycles.